The van der Waals surface area contributed by atoms with E-state index in [9.17, 15) is 4.79 Å². The highest BCUT2D eigenvalue weighted by Gasteiger charge is 2.02. The van der Waals surface area contributed by atoms with Crippen molar-refractivity contribution >= 4 is 11.8 Å². The van der Waals surface area contributed by atoms with E-state index >= 15 is 0 Å². The second-order valence-electron chi connectivity index (χ2n) is 3.30. The third-order valence-corrected chi connectivity index (χ3v) is 3.03. The summed E-state index contributed by atoms with van der Waals surface area (Å²) in [5, 5.41) is 3.00. The molecule has 4 heteroatoms. The molecule has 2 aromatic rings. The summed E-state index contributed by atoms with van der Waals surface area (Å²) in [7, 11) is 1.71. The summed E-state index contributed by atoms with van der Waals surface area (Å²) in [5.74, 6) is 0. The van der Waals surface area contributed by atoms with Crippen molar-refractivity contribution in [2.24, 2.45) is 7.05 Å². The predicted octanol–water partition coefficient (Wildman–Crippen LogP) is 2.10. The van der Waals surface area contributed by atoms with Gasteiger partial charge in [-0.1, -0.05) is 12.1 Å². The fourth-order valence-corrected chi connectivity index (χ4v) is 1.82. The van der Waals surface area contributed by atoms with Crippen LogP contribution in [0.5, 0.6) is 0 Å². The van der Waals surface area contributed by atoms with Crippen LogP contribution in [0.15, 0.2) is 40.0 Å². The Bertz CT molecular complexity index is 510. The van der Waals surface area contributed by atoms with Crippen LogP contribution >= 0.6 is 11.8 Å². The Labute approximate surface area is 92.1 Å². The number of hydrogen-bond donors (Lipinski definition) is 1. The number of benzene rings is 1. The van der Waals surface area contributed by atoms with E-state index in [1.807, 2.05) is 30.5 Å². The summed E-state index contributed by atoms with van der Waals surface area (Å²) in [6.45, 7) is 0. The van der Waals surface area contributed by atoms with Crippen molar-refractivity contribution in [2.75, 3.05) is 6.26 Å². The van der Waals surface area contributed by atoms with Crippen molar-refractivity contribution in [1.29, 1.82) is 0 Å². The summed E-state index contributed by atoms with van der Waals surface area (Å²) in [5.41, 5.74) is 1.87. The van der Waals surface area contributed by atoms with Gasteiger partial charge in [0.1, 0.15) is 0 Å². The van der Waals surface area contributed by atoms with Crippen LogP contribution in [-0.4, -0.2) is 16.0 Å². The number of nitrogens with one attached hydrogen (secondary N) is 1. The summed E-state index contributed by atoms with van der Waals surface area (Å²) in [6, 6.07) is 9.72. The van der Waals surface area contributed by atoms with Crippen LogP contribution in [0, 0.1) is 0 Å². The number of hydrogen-bond acceptors (Lipinski definition) is 2. The molecule has 0 bridgehead atoms. The molecule has 0 aliphatic rings. The predicted molar refractivity (Wildman–Crippen MR) is 63.3 cm³/mol. The fraction of sp³-hybridized carbons (Fsp3) is 0.182. The molecule has 1 aromatic carbocycles. The largest absolute Gasteiger partial charge is 0.295 e. The van der Waals surface area contributed by atoms with Crippen molar-refractivity contribution in [3.05, 3.63) is 40.7 Å². The van der Waals surface area contributed by atoms with E-state index in [0.717, 1.165) is 11.3 Å². The Morgan fingerprint density at radius 3 is 2.40 bits per heavy atom. The lowest BCUT2D eigenvalue weighted by atomic mass is 10.2. The summed E-state index contributed by atoms with van der Waals surface area (Å²) in [4.78, 5) is 12.5. The molecule has 1 aromatic heterocycles. The summed E-state index contributed by atoms with van der Waals surface area (Å²) < 4.78 is 1.47. The first-order valence-electron chi connectivity index (χ1n) is 4.61. The molecule has 0 radical (unpaired) electrons. The Morgan fingerprint density at radius 2 is 1.93 bits per heavy atom. The van der Waals surface area contributed by atoms with Crippen LogP contribution in [0.4, 0.5) is 0 Å². The van der Waals surface area contributed by atoms with Gasteiger partial charge in [-0.15, -0.1) is 11.8 Å². The number of aromatic amines is 1. The number of aryl methyl sites for hydroxylation is 1. The summed E-state index contributed by atoms with van der Waals surface area (Å²) in [6.07, 6.45) is 2.04. The van der Waals surface area contributed by atoms with Gasteiger partial charge in [0, 0.05) is 18.0 Å². The topological polar surface area (TPSA) is 37.8 Å². The smallest absolute Gasteiger partial charge is 0.266 e. The van der Waals surface area contributed by atoms with Crippen molar-refractivity contribution in [2.45, 2.75) is 4.90 Å². The molecule has 1 heterocycles. The summed E-state index contributed by atoms with van der Waals surface area (Å²) >= 11 is 1.70. The van der Waals surface area contributed by atoms with Gasteiger partial charge in [-0.05, 0) is 24.0 Å². The zero-order chi connectivity index (χ0) is 10.8. The highest BCUT2D eigenvalue weighted by atomic mass is 32.2. The van der Waals surface area contributed by atoms with Gasteiger partial charge in [-0.3, -0.25) is 14.6 Å². The molecule has 3 nitrogen and oxygen atoms in total. The van der Waals surface area contributed by atoms with Crippen LogP contribution in [0.1, 0.15) is 0 Å². The minimum Gasteiger partial charge on any atom is -0.295 e. The van der Waals surface area contributed by atoms with Gasteiger partial charge in [-0.2, -0.15) is 0 Å². The number of nitrogens with zero attached hydrogens (tertiary/aromatic N) is 1. The maximum Gasteiger partial charge on any atom is 0.266 e. The Morgan fingerprint density at radius 1 is 1.27 bits per heavy atom. The molecule has 0 amide bonds. The third-order valence-electron chi connectivity index (χ3n) is 2.29. The number of aromatic nitrogens is 2. The highest BCUT2D eigenvalue weighted by molar-refractivity contribution is 7.98. The molecule has 2 rings (SSSR count). The first-order valence-corrected chi connectivity index (χ1v) is 5.83. The Kier molecular flexibility index (Phi) is 2.68. The van der Waals surface area contributed by atoms with Crippen molar-refractivity contribution < 1.29 is 0 Å². The third kappa shape index (κ3) is 1.99. The fourth-order valence-electron chi connectivity index (χ4n) is 1.41. The molecule has 0 saturated heterocycles. The molecule has 0 spiro atoms. The molecule has 1 N–H and O–H groups in total. The first kappa shape index (κ1) is 10.1. The van der Waals surface area contributed by atoms with Gasteiger partial charge >= 0.3 is 0 Å². The van der Waals surface area contributed by atoms with Crippen LogP contribution in [0.3, 0.4) is 0 Å². The van der Waals surface area contributed by atoms with Gasteiger partial charge in [0.15, 0.2) is 0 Å². The molecule has 0 fully saturated rings. The Balaban J connectivity index is 2.41. The zero-order valence-electron chi connectivity index (χ0n) is 8.65. The SMILES string of the molecule is CSc1ccc(-c2cc(=O)n(C)[nH]2)cc1. The molecule has 0 atom stereocenters. The molecule has 0 unspecified atom stereocenters. The van der Waals surface area contributed by atoms with Crippen LogP contribution in [0.25, 0.3) is 11.3 Å². The number of rotatable bonds is 2. The van der Waals surface area contributed by atoms with Gasteiger partial charge in [0.25, 0.3) is 5.56 Å². The maximum atomic E-state index is 11.3. The van der Waals surface area contributed by atoms with E-state index in [4.69, 9.17) is 0 Å². The van der Waals surface area contributed by atoms with E-state index in [1.54, 1.807) is 24.9 Å². The van der Waals surface area contributed by atoms with Gasteiger partial charge in [0.2, 0.25) is 0 Å². The van der Waals surface area contributed by atoms with E-state index in [-0.39, 0.29) is 5.56 Å². The molecule has 15 heavy (non-hydrogen) atoms. The highest BCUT2D eigenvalue weighted by Crippen LogP contribution is 2.20. The van der Waals surface area contributed by atoms with Crippen LogP contribution in [0.2, 0.25) is 0 Å². The molecule has 0 aliphatic carbocycles. The Hall–Kier alpha value is -1.42. The first-order chi connectivity index (χ1) is 7.20. The zero-order valence-corrected chi connectivity index (χ0v) is 9.47. The van der Waals surface area contributed by atoms with E-state index < -0.39 is 0 Å². The number of H-pyrrole nitrogens is 1. The van der Waals surface area contributed by atoms with E-state index in [1.165, 1.54) is 9.58 Å². The normalized spacial score (nSPS) is 10.5. The number of thioether (sulfide) groups is 1. The molecular formula is C11H12N2OS. The minimum atomic E-state index is -0.0149. The molecule has 78 valence electrons. The van der Waals surface area contributed by atoms with Gasteiger partial charge in [0.05, 0.1) is 5.69 Å². The second kappa shape index (κ2) is 3.98. The van der Waals surface area contributed by atoms with Gasteiger partial charge in [-0.25, -0.2) is 0 Å². The lowest BCUT2D eigenvalue weighted by molar-refractivity contribution is 0.742. The quantitative estimate of drug-likeness (QED) is 0.787. The standard InChI is InChI=1S/C11H12N2OS/c1-13-11(14)7-10(12-13)8-3-5-9(15-2)6-4-8/h3-7,12H,1-2H3. The molecule has 0 saturated carbocycles. The van der Waals surface area contributed by atoms with Crippen molar-refractivity contribution in [1.82, 2.24) is 9.78 Å². The van der Waals surface area contributed by atoms with E-state index in [0.29, 0.717) is 0 Å². The maximum absolute atomic E-state index is 11.3. The van der Waals surface area contributed by atoms with E-state index in [2.05, 4.69) is 5.10 Å². The average Bonchev–Trinajstić information content (AvgIpc) is 2.59. The second-order valence-corrected chi connectivity index (χ2v) is 4.18. The van der Waals surface area contributed by atoms with Crippen molar-refractivity contribution in [3.63, 3.8) is 0 Å². The lowest BCUT2D eigenvalue weighted by Gasteiger charge is -1.99. The average molecular weight is 220 g/mol. The van der Waals surface area contributed by atoms with Crippen LogP contribution < -0.4 is 5.56 Å². The lowest BCUT2D eigenvalue weighted by Crippen LogP contribution is -2.09. The monoisotopic (exact) mass is 220 g/mol. The van der Waals surface area contributed by atoms with Crippen molar-refractivity contribution in [3.8, 4) is 11.3 Å². The molecule has 0 aliphatic heterocycles. The molecular weight excluding hydrogens is 208 g/mol. The van der Waals surface area contributed by atoms with Crippen LogP contribution in [-0.2, 0) is 7.05 Å². The minimum absolute atomic E-state index is 0.0149. The van der Waals surface area contributed by atoms with Gasteiger partial charge < -0.3 is 0 Å².